The minimum atomic E-state index is -0.153. The van der Waals surface area contributed by atoms with Crippen molar-refractivity contribution in [1.82, 2.24) is 10.2 Å². The standard InChI is InChI=1S/C7H14N2O2/c1-5-8-6(4-11-5)7(10)9(2)3/h5-6,8H,4H2,1-3H3. The summed E-state index contributed by atoms with van der Waals surface area (Å²) in [5.41, 5.74) is 0. The Morgan fingerprint density at radius 3 is 2.64 bits per heavy atom. The Hall–Kier alpha value is -0.610. The van der Waals surface area contributed by atoms with Gasteiger partial charge in [0, 0.05) is 14.1 Å². The van der Waals surface area contributed by atoms with E-state index in [0.717, 1.165) is 0 Å². The van der Waals surface area contributed by atoms with Crippen LogP contribution in [0, 0.1) is 0 Å². The SMILES string of the molecule is CC1NC(C(=O)N(C)C)CO1. The lowest BCUT2D eigenvalue weighted by Crippen LogP contribution is -2.42. The topological polar surface area (TPSA) is 41.6 Å². The van der Waals surface area contributed by atoms with Gasteiger partial charge >= 0.3 is 0 Å². The predicted octanol–water partition coefficient (Wildman–Crippen LogP) is -0.591. The van der Waals surface area contributed by atoms with Crippen molar-refractivity contribution >= 4 is 5.91 Å². The van der Waals surface area contributed by atoms with Crippen LogP contribution in [-0.4, -0.2) is 43.8 Å². The summed E-state index contributed by atoms with van der Waals surface area (Å²) in [6, 6.07) is -0.153. The number of carbonyl (C=O) groups is 1. The molecule has 1 aliphatic rings. The lowest BCUT2D eigenvalue weighted by Gasteiger charge is -2.14. The molecule has 4 nitrogen and oxygen atoms in total. The molecule has 0 aromatic heterocycles. The van der Waals surface area contributed by atoms with E-state index in [-0.39, 0.29) is 18.2 Å². The minimum absolute atomic E-state index is 0.00361. The maximum absolute atomic E-state index is 11.3. The molecule has 64 valence electrons. The van der Waals surface area contributed by atoms with Gasteiger partial charge in [0.15, 0.2) is 0 Å². The summed E-state index contributed by atoms with van der Waals surface area (Å²) in [6.45, 7) is 2.38. The van der Waals surface area contributed by atoms with Crippen LogP contribution in [0.15, 0.2) is 0 Å². The van der Waals surface area contributed by atoms with Crippen LogP contribution < -0.4 is 5.32 Å². The van der Waals surface area contributed by atoms with Crippen LogP contribution in [0.3, 0.4) is 0 Å². The fourth-order valence-corrected chi connectivity index (χ4v) is 1.07. The fourth-order valence-electron chi connectivity index (χ4n) is 1.07. The molecule has 1 rings (SSSR count). The summed E-state index contributed by atoms with van der Waals surface area (Å²) in [5, 5.41) is 3.02. The van der Waals surface area contributed by atoms with Gasteiger partial charge in [-0.05, 0) is 6.92 Å². The zero-order chi connectivity index (χ0) is 8.43. The lowest BCUT2D eigenvalue weighted by molar-refractivity contribution is -0.130. The molecule has 1 aliphatic heterocycles. The molecule has 11 heavy (non-hydrogen) atoms. The summed E-state index contributed by atoms with van der Waals surface area (Å²) < 4.78 is 5.18. The van der Waals surface area contributed by atoms with E-state index < -0.39 is 0 Å². The van der Waals surface area contributed by atoms with E-state index >= 15 is 0 Å². The van der Waals surface area contributed by atoms with Crippen LogP contribution in [0.25, 0.3) is 0 Å². The third-order valence-electron chi connectivity index (χ3n) is 1.69. The van der Waals surface area contributed by atoms with Crippen molar-refractivity contribution in [2.75, 3.05) is 20.7 Å². The Kier molecular flexibility index (Phi) is 2.46. The van der Waals surface area contributed by atoms with Crippen molar-refractivity contribution in [1.29, 1.82) is 0 Å². The first-order valence-electron chi connectivity index (χ1n) is 3.70. The quantitative estimate of drug-likeness (QED) is 0.554. The smallest absolute Gasteiger partial charge is 0.241 e. The summed E-state index contributed by atoms with van der Waals surface area (Å²) in [4.78, 5) is 12.8. The van der Waals surface area contributed by atoms with Crippen molar-refractivity contribution in [2.45, 2.75) is 19.2 Å². The van der Waals surface area contributed by atoms with Crippen molar-refractivity contribution < 1.29 is 9.53 Å². The normalized spacial score (nSPS) is 30.5. The molecule has 1 N–H and O–H groups in total. The van der Waals surface area contributed by atoms with Crippen LogP contribution >= 0.6 is 0 Å². The number of hydrogen-bond acceptors (Lipinski definition) is 3. The highest BCUT2D eigenvalue weighted by atomic mass is 16.5. The molecule has 0 radical (unpaired) electrons. The van der Waals surface area contributed by atoms with Crippen LogP contribution in [-0.2, 0) is 9.53 Å². The van der Waals surface area contributed by atoms with E-state index in [4.69, 9.17) is 4.74 Å². The number of hydrogen-bond donors (Lipinski definition) is 1. The van der Waals surface area contributed by atoms with Gasteiger partial charge in [-0.2, -0.15) is 0 Å². The molecular weight excluding hydrogens is 144 g/mol. The number of amides is 1. The zero-order valence-electron chi connectivity index (χ0n) is 7.13. The molecule has 1 amide bonds. The Morgan fingerprint density at radius 1 is 1.64 bits per heavy atom. The van der Waals surface area contributed by atoms with E-state index in [0.29, 0.717) is 6.61 Å². The summed E-state index contributed by atoms with van der Waals surface area (Å²) in [6.07, 6.45) is 0.00361. The summed E-state index contributed by atoms with van der Waals surface area (Å²) in [7, 11) is 3.49. The number of carbonyl (C=O) groups excluding carboxylic acids is 1. The maximum Gasteiger partial charge on any atom is 0.241 e. The van der Waals surface area contributed by atoms with E-state index in [1.807, 2.05) is 6.92 Å². The molecule has 0 aromatic rings. The molecular formula is C7H14N2O2. The van der Waals surface area contributed by atoms with Gasteiger partial charge in [-0.1, -0.05) is 0 Å². The first kappa shape index (κ1) is 8.49. The molecule has 2 atom stereocenters. The van der Waals surface area contributed by atoms with Crippen molar-refractivity contribution in [3.05, 3.63) is 0 Å². The summed E-state index contributed by atoms with van der Waals surface area (Å²) >= 11 is 0. The Morgan fingerprint density at radius 2 is 2.27 bits per heavy atom. The number of nitrogens with zero attached hydrogens (tertiary/aromatic N) is 1. The van der Waals surface area contributed by atoms with Crippen molar-refractivity contribution in [3.63, 3.8) is 0 Å². The van der Waals surface area contributed by atoms with E-state index in [1.54, 1.807) is 19.0 Å². The van der Waals surface area contributed by atoms with Gasteiger partial charge in [0.2, 0.25) is 5.91 Å². The van der Waals surface area contributed by atoms with Gasteiger partial charge < -0.3 is 9.64 Å². The van der Waals surface area contributed by atoms with Crippen molar-refractivity contribution in [3.8, 4) is 0 Å². The van der Waals surface area contributed by atoms with Gasteiger partial charge in [0.1, 0.15) is 12.3 Å². The Labute approximate surface area is 66.5 Å². The Bertz CT molecular complexity index is 159. The second kappa shape index (κ2) is 3.19. The molecule has 1 heterocycles. The van der Waals surface area contributed by atoms with Crippen LogP contribution in [0.1, 0.15) is 6.92 Å². The second-order valence-corrected chi connectivity index (χ2v) is 2.93. The van der Waals surface area contributed by atoms with Crippen LogP contribution in [0.2, 0.25) is 0 Å². The zero-order valence-corrected chi connectivity index (χ0v) is 7.13. The highest BCUT2D eigenvalue weighted by Gasteiger charge is 2.27. The average Bonchev–Trinajstić information content (AvgIpc) is 2.34. The predicted molar refractivity (Wildman–Crippen MR) is 41.0 cm³/mol. The second-order valence-electron chi connectivity index (χ2n) is 2.93. The number of rotatable bonds is 1. The molecule has 2 unspecified atom stereocenters. The van der Waals surface area contributed by atoms with Gasteiger partial charge in [0.05, 0.1) is 6.61 Å². The highest BCUT2D eigenvalue weighted by molar-refractivity contribution is 5.81. The fraction of sp³-hybridized carbons (Fsp3) is 0.857. The molecule has 4 heteroatoms. The molecule has 1 saturated heterocycles. The van der Waals surface area contributed by atoms with Gasteiger partial charge in [-0.25, -0.2) is 0 Å². The van der Waals surface area contributed by atoms with E-state index in [1.165, 1.54) is 0 Å². The van der Waals surface area contributed by atoms with Gasteiger partial charge in [-0.15, -0.1) is 0 Å². The van der Waals surface area contributed by atoms with Crippen LogP contribution in [0.4, 0.5) is 0 Å². The van der Waals surface area contributed by atoms with E-state index in [2.05, 4.69) is 5.32 Å². The molecule has 0 saturated carbocycles. The van der Waals surface area contributed by atoms with E-state index in [9.17, 15) is 4.79 Å². The molecule has 0 spiro atoms. The number of ether oxygens (including phenoxy) is 1. The maximum atomic E-state index is 11.3. The largest absolute Gasteiger partial charge is 0.361 e. The first-order chi connectivity index (χ1) is 5.11. The lowest BCUT2D eigenvalue weighted by atomic mass is 10.3. The Balaban J connectivity index is 2.43. The highest BCUT2D eigenvalue weighted by Crippen LogP contribution is 2.03. The molecule has 1 fully saturated rings. The minimum Gasteiger partial charge on any atom is -0.361 e. The van der Waals surface area contributed by atoms with Crippen molar-refractivity contribution in [2.24, 2.45) is 0 Å². The van der Waals surface area contributed by atoms with Crippen LogP contribution in [0.5, 0.6) is 0 Å². The third-order valence-corrected chi connectivity index (χ3v) is 1.69. The molecule has 0 aromatic carbocycles. The molecule has 0 aliphatic carbocycles. The first-order valence-corrected chi connectivity index (χ1v) is 3.70. The monoisotopic (exact) mass is 158 g/mol. The third kappa shape index (κ3) is 1.91. The van der Waals surface area contributed by atoms with Gasteiger partial charge in [-0.3, -0.25) is 10.1 Å². The summed E-state index contributed by atoms with van der Waals surface area (Å²) in [5.74, 6) is 0.0781. The number of nitrogens with one attached hydrogen (secondary N) is 1. The number of likely N-dealkylation sites (N-methyl/N-ethyl adjacent to an activating group) is 1. The molecule has 0 bridgehead atoms. The van der Waals surface area contributed by atoms with Gasteiger partial charge in [0.25, 0.3) is 0 Å². The average molecular weight is 158 g/mol.